The number of rotatable bonds is 5. The van der Waals surface area contributed by atoms with E-state index in [1.807, 2.05) is 55.5 Å². The standard InChI is InChI=1S/C16H17ClO2/c1-2-16(18)12-7-9-14(10-8-12)19-11-13-5-3-4-6-15(13)17/h3-10,16,18H,2,11H2,1H3. The molecule has 2 nitrogen and oxygen atoms in total. The monoisotopic (exact) mass is 276 g/mol. The van der Waals surface area contributed by atoms with Gasteiger partial charge in [-0.1, -0.05) is 48.9 Å². The normalized spacial score (nSPS) is 12.2. The molecular formula is C16H17ClO2. The van der Waals surface area contributed by atoms with Gasteiger partial charge in [0.1, 0.15) is 12.4 Å². The molecule has 0 heterocycles. The minimum Gasteiger partial charge on any atom is -0.489 e. The Bertz CT molecular complexity index is 523. The summed E-state index contributed by atoms with van der Waals surface area (Å²) in [6.45, 7) is 2.39. The Morgan fingerprint density at radius 1 is 1.11 bits per heavy atom. The van der Waals surface area contributed by atoms with Gasteiger partial charge in [0.05, 0.1) is 6.10 Å². The maximum atomic E-state index is 9.71. The summed E-state index contributed by atoms with van der Waals surface area (Å²) in [5.41, 5.74) is 1.87. The van der Waals surface area contributed by atoms with Crippen molar-refractivity contribution in [3.8, 4) is 5.75 Å². The lowest BCUT2D eigenvalue weighted by Gasteiger charge is -2.10. The van der Waals surface area contributed by atoms with Crippen molar-refractivity contribution in [2.45, 2.75) is 26.1 Å². The minimum atomic E-state index is -0.405. The molecule has 0 aromatic heterocycles. The van der Waals surface area contributed by atoms with E-state index in [1.54, 1.807) is 0 Å². The van der Waals surface area contributed by atoms with Gasteiger partial charge in [-0.3, -0.25) is 0 Å². The summed E-state index contributed by atoms with van der Waals surface area (Å²) >= 11 is 6.06. The summed E-state index contributed by atoms with van der Waals surface area (Å²) in [7, 11) is 0. The predicted molar refractivity (Wildman–Crippen MR) is 77.5 cm³/mol. The van der Waals surface area contributed by atoms with Crippen LogP contribution in [0.1, 0.15) is 30.6 Å². The van der Waals surface area contributed by atoms with Crippen LogP contribution in [0.25, 0.3) is 0 Å². The molecule has 2 rings (SSSR count). The number of ether oxygens (including phenoxy) is 1. The van der Waals surface area contributed by atoms with Crippen LogP contribution < -0.4 is 4.74 Å². The SMILES string of the molecule is CCC(O)c1ccc(OCc2ccccc2Cl)cc1. The Hall–Kier alpha value is -1.51. The van der Waals surface area contributed by atoms with E-state index in [0.717, 1.165) is 16.9 Å². The second kappa shape index (κ2) is 6.60. The van der Waals surface area contributed by atoms with Crippen molar-refractivity contribution in [1.29, 1.82) is 0 Å². The first-order valence-corrected chi connectivity index (χ1v) is 6.72. The van der Waals surface area contributed by atoms with Crippen LogP contribution in [-0.2, 0) is 6.61 Å². The third-order valence-corrected chi connectivity index (χ3v) is 3.37. The Labute approximate surface area is 118 Å². The van der Waals surface area contributed by atoms with Crippen molar-refractivity contribution in [1.82, 2.24) is 0 Å². The van der Waals surface area contributed by atoms with Crippen molar-refractivity contribution < 1.29 is 9.84 Å². The minimum absolute atomic E-state index is 0.405. The van der Waals surface area contributed by atoms with Gasteiger partial charge >= 0.3 is 0 Å². The summed E-state index contributed by atoms with van der Waals surface area (Å²) < 4.78 is 5.68. The highest BCUT2D eigenvalue weighted by Gasteiger charge is 2.05. The molecule has 3 heteroatoms. The van der Waals surface area contributed by atoms with Crippen LogP contribution in [0.2, 0.25) is 5.02 Å². The van der Waals surface area contributed by atoms with Crippen LogP contribution >= 0.6 is 11.6 Å². The Morgan fingerprint density at radius 2 is 1.79 bits per heavy atom. The number of benzene rings is 2. The van der Waals surface area contributed by atoms with E-state index in [9.17, 15) is 5.11 Å². The Balaban J connectivity index is 1.99. The van der Waals surface area contributed by atoms with E-state index in [0.29, 0.717) is 18.1 Å². The third-order valence-electron chi connectivity index (χ3n) is 3.00. The average molecular weight is 277 g/mol. The number of hydrogen-bond acceptors (Lipinski definition) is 2. The molecule has 0 spiro atoms. The molecule has 2 aromatic rings. The summed E-state index contributed by atoms with van der Waals surface area (Å²) in [6, 6.07) is 15.1. The molecule has 0 saturated heterocycles. The van der Waals surface area contributed by atoms with Gasteiger partial charge < -0.3 is 9.84 Å². The molecule has 0 aliphatic heterocycles. The molecule has 0 aliphatic carbocycles. The first-order valence-electron chi connectivity index (χ1n) is 6.35. The molecule has 1 atom stereocenters. The van der Waals surface area contributed by atoms with E-state index in [4.69, 9.17) is 16.3 Å². The fourth-order valence-electron chi connectivity index (χ4n) is 1.80. The number of aliphatic hydroxyl groups is 1. The lowest BCUT2D eigenvalue weighted by atomic mass is 10.1. The van der Waals surface area contributed by atoms with Gasteiger partial charge in [0, 0.05) is 10.6 Å². The molecule has 1 N–H and O–H groups in total. The van der Waals surface area contributed by atoms with Crippen molar-refractivity contribution in [3.05, 3.63) is 64.7 Å². The lowest BCUT2D eigenvalue weighted by molar-refractivity contribution is 0.173. The molecule has 0 saturated carbocycles. The topological polar surface area (TPSA) is 29.5 Å². The van der Waals surface area contributed by atoms with Crippen LogP contribution in [-0.4, -0.2) is 5.11 Å². The molecule has 0 aliphatic rings. The van der Waals surface area contributed by atoms with Crippen molar-refractivity contribution in [2.75, 3.05) is 0 Å². The number of aliphatic hydroxyl groups excluding tert-OH is 1. The smallest absolute Gasteiger partial charge is 0.119 e. The Kier molecular flexibility index (Phi) is 4.83. The number of hydrogen-bond donors (Lipinski definition) is 1. The molecule has 1 unspecified atom stereocenters. The second-order valence-corrected chi connectivity index (χ2v) is 4.78. The van der Waals surface area contributed by atoms with E-state index in [1.165, 1.54) is 0 Å². The maximum absolute atomic E-state index is 9.71. The predicted octanol–water partition coefficient (Wildman–Crippen LogP) is 4.36. The van der Waals surface area contributed by atoms with Gasteiger partial charge in [0.2, 0.25) is 0 Å². The zero-order valence-corrected chi connectivity index (χ0v) is 11.6. The molecule has 100 valence electrons. The second-order valence-electron chi connectivity index (χ2n) is 4.37. The van der Waals surface area contributed by atoms with E-state index < -0.39 is 6.10 Å². The Morgan fingerprint density at radius 3 is 2.42 bits per heavy atom. The van der Waals surface area contributed by atoms with Crippen LogP contribution in [0.5, 0.6) is 5.75 Å². The zero-order valence-electron chi connectivity index (χ0n) is 10.8. The highest BCUT2D eigenvalue weighted by atomic mass is 35.5. The first-order chi connectivity index (χ1) is 9.20. The molecule has 0 radical (unpaired) electrons. The number of halogens is 1. The van der Waals surface area contributed by atoms with E-state index >= 15 is 0 Å². The van der Waals surface area contributed by atoms with Crippen molar-refractivity contribution in [2.24, 2.45) is 0 Å². The molecule has 19 heavy (non-hydrogen) atoms. The fourth-order valence-corrected chi connectivity index (χ4v) is 1.99. The van der Waals surface area contributed by atoms with Gasteiger partial charge in [-0.25, -0.2) is 0 Å². The summed E-state index contributed by atoms with van der Waals surface area (Å²) in [5, 5.41) is 10.4. The van der Waals surface area contributed by atoms with E-state index in [2.05, 4.69) is 0 Å². The highest BCUT2D eigenvalue weighted by Crippen LogP contribution is 2.22. The van der Waals surface area contributed by atoms with Gasteiger partial charge in [-0.15, -0.1) is 0 Å². The molecule has 0 amide bonds. The fraction of sp³-hybridized carbons (Fsp3) is 0.250. The zero-order chi connectivity index (χ0) is 13.7. The lowest BCUT2D eigenvalue weighted by Crippen LogP contribution is -1.98. The van der Waals surface area contributed by atoms with Crippen LogP contribution in [0.15, 0.2) is 48.5 Å². The van der Waals surface area contributed by atoms with Crippen LogP contribution in [0, 0.1) is 0 Å². The van der Waals surface area contributed by atoms with Gasteiger partial charge in [-0.05, 0) is 30.2 Å². The first kappa shape index (κ1) is 13.9. The largest absolute Gasteiger partial charge is 0.489 e. The quantitative estimate of drug-likeness (QED) is 0.879. The van der Waals surface area contributed by atoms with Gasteiger partial charge in [0.15, 0.2) is 0 Å². The van der Waals surface area contributed by atoms with Crippen molar-refractivity contribution >= 4 is 11.6 Å². The molecule has 0 bridgehead atoms. The summed E-state index contributed by atoms with van der Waals surface area (Å²) in [6.07, 6.45) is 0.303. The van der Waals surface area contributed by atoms with E-state index in [-0.39, 0.29) is 0 Å². The molecule has 0 fully saturated rings. The van der Waals surface area contributed by atoms with Gasteiger partial charge in [-0.2, -0.15) is 0 Å². The maximum Gasteiger partial charge on any atom is 0.119 e. The highest BCUT2D eigenvalue weighted by molar-refractivity contribution is 6.31. The van der Waals surface area contributed by atoms with Crippen LogP contribution in [0.4, 0.5) is 0 Å². The van der Waals surface area contributed by atoms with Crippen molar-refractivity contribution in [3.63, 3.8) is 0 Å². The van der Waals surface area contributed by atoms with Gasteiger partial charge in [0.25, 0.3) is 0 Å². The summed E-state index contributed by atoms with van der Waals surface area (Å²) in [4.78, 5) is 0. The molecular weight excluding hydrogens is 260 g/mol. The summed E-state index contributed by atoms with van der Waals surface area (Å²) in [5.74, 6) is 0.770. The average Bonchev–Trinajstić information content (AvgIpc) is 2.46. The molecule has 2 aromatic carbocycles. The third kappa shape index (κ3) is 3.72. The van der Waals surface area contributed by atoms with Crippen LogP contribution in [0.3, 0.4) is 0 Å².